The summed E-state index contributed by atoms with van der Waals surface area (Å²) in [5.74, 6) is -0.576. The average molecular weight is 494 g/mol. The third-order valence-electron chi connectivity index (χ3n) is 6.18. The van der Waals surface area contributed by atoms with E-state index >= 15 is 0 Å². The van der Waals surface area contributed by atoms with Gasteiger partial charge in [0.05, 0.1) is 29.8 Å². The van der Waals surface area contributed by atoms with Crippen LogP contribution < -0.4 is 10.6 Å². The maximum atomic E-state index is 13.4. The van der Waals surface area contributed by atoms with Crippen molar-refractivity contribution in [1.29, 1.82) is 5.41 Å². The summed E-state index contributed by atoms with van der Waals surface area (Å²) in [6.07, 6.45) is 1.01. The zero-order chi connectivity index (χ0) is 24.0. The Bertz CT molecular complexity index is 1190. The summed E-state index contributed by atoms with van der Waals surface area (Å²) < 4.78 is 55.8. The van der Waals surface area contributed by atoms with Crippen LogP contribution in [0.1, 0.15) is 18.1 Å². The number of guanidine groups is 1. The summed E-state index contributed by atoms with van der Waals surface area (Å²) in [4.78, 5) is 10.9. The number of hydrogen-bond acceptors (Lipinski definition) is 5. The fraction of sp³-hybridized carbons (Fsp3) is 0.333. The average Bonchev–Trinajstić information content (AvgIpc) is 2.78. The maximum Gasteiger partial charge on any atom is 0.243 e. The van der Waals surface area contributed by atoms with Gasteiger partial charge in [-0.05, 0) is 47.5 Å². The van der Waals surface area contributed by atoms with Gasteiger partial charge in [-0.2, -0.15) is 8.61 Å². The first-order valence-electron chi connectivity index (χ1n) is 10.2. The Hall–Kier alpha value is -2.67. The molecule has 9 nitrogen and oxygen atoms in total. The zero-order valence-electron chi connectivity index (χ0n) is 18.0. The SMILES string of the molecule is CCN(CC1[S+]([O-])N(C)C(=N)N[C@@]12Cc1ccc(NC=O)cc12)S(=O)(=O)c1ccc(F)cc1. The van der Waals surface area contributed by atoms with E-state index in [9.17, 15) is 22.2 Å². The molecule has 0 saturated carbocycles. The highest BCUT2D eigenvalue weighted by Gasteiger charge is 2.60. The lowest BCUT2D eigenvalue weighted by Gasteiger charge is -2.54. The van der Waals surface area contributed by atoms with Crippen LogP contribution in [0.3, 0.4) is 0 Å². The monoisotopic (exact) mass is 493 g/mol. The molecule has 2 aromatic carbocycles. The van der Waals surface area contributed by atoms with Gasteiger partial charge in [0.15, 0.2) is 5.25 Å². The van der Waals surface area contributed by atoms with Crippen molar-refractivity contribution in [3.63, 3.8) is 0 Å². The lowest BCUT2D eigenvalue weighted by atomic mass is 9.68. The van der Waals surface area contributed by atoms with Gasteiger partial charge >= 0.3 is 0 Å². The molecular weight excluding hydrogens is 469 g/mol. The van der Waals surface area contributed by atoms with E-state index in [1.807, 2.05) is 6.07 Å². The number of anilines is 1. The van der Waals surface area contributed by atoms with Gasteiger partial charge in [-0.25, -0.2) is 12.8 Å². The number of nitrogens with one attached hydrogen (secondary N) is 3. The molecule has 176 valence electrons. The lowest BCUT2D eigenvalue weighted by molar-refractivity contribution is -0.105. The van der Waals surface area contributed by atoms with Crippen LogP contribution in [0, 0.1) is 11.2 Å². The summed E-state index contributed by atoms with van der Waals surface area (Å²) in [6, 6.07) is 9.94. The van der Waals surface area contributed by atoms with E-state index in [1.165, 1.54) is 27.8 Å². The Morgan fingerprint density at radius 2 is 2.06 bits per heavy atom. The number of sulfonamides is 1. The summed E-state index contributed by atoms with van der Waals surface area (Å²) >= 11 is -1.72. The van der Waals surface area contributed by atoms with Gasteiger partial charge in [-0.1, -0.05) is 13.0 Å². The largest absolute Gasteiger partial charge is 0.593 e. The summed E-state index contributed by atoms with van der Waals surface area (Å²) in [5.41, 5.74) is 1.34. The fourth-order valence-corrected chi connectivity index (χ4v) is 7.46. The molecule has 1 amide bonds. The molecule has 2 unspecified atom stereocenters. The summed E-state index contributed by atoms with van der Waals surface area (Å²) in [6.45, 7) is 1.71. The molecule has 0 bridgehead atoms. The normalized spacial score (nSPS) is 24.3. The molecule has 4 rings (SSSR count). The van der Waals surface area contributed by atoms with Crippen molar-refractivity contribution in [2.45, 2.75) is 29.0 Å². The van der Waals surface area contributed by atoms with Crippen LogP contribution in [0.15, 0.2) is 47.4 Å². The molecule has 3 N–H and O–H groups in total. The molecule has 3 atom stereocenters. The quantitative estimate of drug-likeness (QED) is 0.395. The maximum absolute atomic E-state index is 13.4. The first-order valence-corrected chi connectivity index (χ1v) is 12.9. The van der Waals surface area contributed by atoms with E-state index in [2.05, 4.69) is 10.6 Å². The molecule has 1 saturated heterocycles. The van der Waals surface area contributed by atoms with Gasteiger partial charge in [0.25, 0.3) is 0 Å². The van der Waals surface area contributed by atoms with Gasteiger partial charge in [0, 0.05) is 18.7 Å². The van der Waals surface area contributed by atoms with Gasteiger partial charge in [0.2, 0.25) is 22.4 Å². The topological polar surface area (TPSA) is 129 Å². The molecule has 1 aliphatic heterocycles. The molecule has 1 spiro atoms. The highest BCUT2D eigenvalue weighted by molar-refractivity contribution is 7.91. The Morgan fingerprint density at radius 1 is 1.36 bits per heavy atom. The van der Waals surface area contributed by atoms with E-state index in [-0.39, 0.29) is 23.9 Å². The minimum absolute atomic E-state index is 0.0339. The second-order valence-electron chi connectivity index (χ2n) is 7.93. The third-order valence-corrected chi connectivity index (χ3v) is 9.89. The number of amides is 1. The van der Waals surface area contributed by atoms with Gasteiger partial charge in [-0.3, -0.25) is 10.2 Å². The molecule has 0 radical (unpaired) electrons. The van der Waals surface area contributed by atoms with Crippen LogP contribution in [-0.2, 0) is 38.1 Å². The van der Waals surface area contributed by atoms with E-state index in [0.717, 1.165) is 23.3 Å². The molecular formula is C21H24FN5O4S2. The second kappa shape index (κ2) is 8.60. The smallest absolute Gasteiger partial charge is 0.243 e. The van der Waals surface area contributed by atoms with Crippen molar-refractivity contribution in [2.24, 2.45) is 0 Å². The molecule has 0 aromatic heterocycles. The van der Waals surface area contributed by atoms with E-state index < -0.39 is 38.0 Å². The number of hydrogen-bond donors (Lipinski definition) is 3. The van der Waals surface area contributed by atoms with Crippen LogP contribution in [0.5, 0.6) is 0 Å². The second-order valence-corrected chi connectivity index (χ2v) is 11.5. The number of fused-ring (bicyclic) bond motifs is 2. The van der Waals surface area contributed by atoms with Crippen LogP contribution >= 0.6 is 0 Å². The van der Waals surface area contributed by atoms with Gasteiger partial charge in [0.1, 0.15) is 11.4 Å². The van der Waals surface area contributed by atoms with Crippen molar-refractivity contribution in [2.75, 3.05) is 25.5 Å². The molecule has 33 heavy (non-hydrogen) atoms. The summed E-state index contributed by atoms with van der Waals surface area (Å²) in [5, 5.41) is 13.3. The number of nitrogens with zero attached hydrogens (tertiary/aromatic N) is 2. The van der Waals surface area contributed by atoms with Crippen LogP contribution in [0.25, 0.3) is 0 Å². The van der Waals surface area contributed by atoms with Gasteiger partial charge < -0.3 is 15.2 Å². The van der Waals surface area contributed by atoms with Crippen molar-refractivity contribution in [1.82, 2.24) is 13.9 Å². The molecule has 2 aliphatic rings. The highest BCUT2D eigenvalue weighted by Crippen LogP contribution is 2.47. The Kier molecular flexibility index (Phi) is 6.12. The number of carbonyl (C=O) groups excluding carboxylic acids is 1. The van der Waals surface area contributed by atoms with Crippen molar-refractivity contribution >= 4 is 39.4 Å². The first-order chi connectivity index (χ1) is 15.6. The summed E-state index contributed by atoms with van der Waals surface area (Å²) in [7, 11) is -2.46. The lowest BCUT2D eigenvalue weighted by Crippen LogP contribution is -2.73. The number of rotatable bonds is 7. The van der Waals surface area contributed by atoms with Crippen molar-refractivity contribution in [3.05, 3.63) is 59.4 Å². The van der Waals surface area contributed by atoms with Crippen LogP contribution in [-0.4, -0.2) is 59.3 Å². The molecule has 2 aromatic rings. The molecule has 12 heteroatoms. The standard InChI is InChI=1S/C21H24FN5O4S2/c1-3-27(33(30,31)17-8-5-15(22)6-9-17)12-19-21(25-20(23)26(2)32(19)29)11-14-4-7-16(24-13-28)10-18(14)21/h4-10,13,19H,3,11-12H2,1-2H3,(H2,23,25)(H,24,28)/t19?,21-,32?/m1/s1. The number of halogens is 1. The molecule has 1 aliphatic carbocycles. The zero-order valence-corrected chi connectivity index (χ0v) is 19.7. The van der Waals surface area contributed by atoms with E-state index in [1.54, 1.807) is 19.1 Å². The highest BCUT2D eigenvalue weighted by atomic mass is 32.2. The van der Waals surface area contributed by atoms with E-state index in [0.29, 0.717) is 18.5 Å². The predicted molar refractivity (Wildman–Crippen MR) is 123 cm³/mol. The minimum Gasteiger partial charge on any atom is -0.593 e. The Morgan fingerprint density at radius 3 is 2.70 bits per heavy atom. The first kappa shape index (κ1) is 23.5. The Labute approximate surface area is 194 Å². The fourth-order valence-electron chi connectivity index (χ4n) is 4.37. The van der Waals surface area contributed by atoms with Crippen LogP contribution in [0.4, 0.5) is 10.1 Å². The van der Waals surface area contributed by atoms with Crippen molar-refractivity contribution in [3.8, 4) is 0 Å². The number of carbonyl (C=O) groups is 1. The molecule has 1 fully saturated rings. The third kappa shape index (κ3) is 3.86. The predicted octanol–water partition coefficient (Wildman–Crippen LogP) is 1.36. The van der Waals surface area contributed by atoms with E-state index in [4.69, 9.17) is 5.41 Å². The molecule has 1 heterocycles. The van der Waals surface area contributed by atoms with Crippen molar-refractivity contribution < 1.29 is 22.2 Å². The van der Waals surface area contributed by atoms with Crippen LogP contribution in [0.2, 0.25) is 0 Å². The van der Waals surface area contributed by atoms with Gasteiger partial charge in [-0.15, -0.1) is 0 Å². The Balaban J connectivity index is 1.73. The number of benzene rings is 2. The minimum atomic E-state index is -3.98.